The van der Waals surface area contributed by atoms with E-state index in [1.807, 2.05) is 0 Å². The molecule has 0 spiro atoms. The van der Waals surface area contributed by atoms with Crippen molar-refractivity contribution in [3.05, 3.63) is 34.6 Å². The first-order chi connectivity index (χ1) is 7.98. The lowest BCUT2D eigenvalue weighted by molar-refractivity contribution is -0.120. The number of carbonyl (C=O) groups excluding carboxylic acids is 1. The maximum Gasteiger partial charge on any atom is 0.139 e. The van der Waals surface area contributed by atoms with Gasteiger partial charge in [0.1, 0.15) is 11.6 Å². The molecule has 92 valence electrons. The van der Waals surface area contributed by atoms with Gasteiger partial charge in [0, 0.05) is 23.4 Å². The number of hydrogen-bond donors (Lipinski definition) is 1. The monoisotopic (exact) mass is 255 g/mol. The van der Waals surface area contributed by atoms with E-state index in [0.717, 1.165) is 19.3 Å². The van der Waals surface area contributed by atoms with E-state index in [9.17, 15) is 9.18 Å². The van der Waals surface area contributed by atoms with Crippen molar-refractivity contribution in [2.45, 2.75) is 37.6 Å². The van der Waals surface area contributed by atoms with E-state index in [1.54, 1.807) is 12.1 Å². The number of hydrogen-bond acceptors (Lipinski definition) is 2. The average molecular weight is 256 g/mol. The molecule has 0 saturated heterocycles. The molecule has 4 heteroatoms. The summed E-state index contributed by atoms with van der Waals surface area (Å²) < 4.78 is 13.5. The van der Waals surface area contributed by atoms with Crippen LogP contribution in [-0.2, 0) is 11.2 Å². The highest BCUT2D eigenvalue weighted by Crippen LogP contribution is 2.32. The van der Waals surface area contributed by atoms with Gasteiger partial charge in [-0.2, -0.15) is 0 Å². The SMILES string of the molecule is NC1(CC(=O)Cc2ccc(Cl)cc2F)CCC1. The van der Waals surface area contributed by atoms with Crippen molar-refractivity contribution in [2.75, 3.05) is 0 Å². The van der Waals surface area contributed by atoms with Crippen LogP contribution in [0.1, 0.15) is 31.2 Å². The standard InChI is InChI=1S/C13H15ClFNO/c14-10-3-2-9(12(15)7-10)6-11(17)8-13(16)4-1-5-13/h2-3,7H,1,4-6,8,16H2. The quantitative estimate of drug-likeness (QED) is 0.899. The van der Waals surface area contributed by atoms with E-state index in [-0.39, 0.29) is 17.7 Å². The lowest BCUT2D eigenvalue weighted by Crippen LogP contribution is -2.48. The Morgan fingerprint density at radius 3 is 2.71 bits per heavy atom. The van der Waals surface area contributed by atoms with E-state index in [1.165, 1.54) is 6.07 Å². The minimum absolute atomic E-state index is 0.00609. The van der Waals surface area contributed by atoms with Crippen LogP contribution < -0.4 is 5.73 Å². The van der Waals surface area contributed by atoms with E-state index in [0.29, 0.717) is 17.0 Å². The van der Waals surface area contributed by atoms with Crippen LogP contribution >= 0.6 is 11.6 Å². The summed E-state index contributed by atoms with van der Waals surface area (Å²) in [6.45, 7) is 0. The van der Waals surface area contributed by atoms with Crippen LogP contribution in [0, 0.1) is 5.82 Å². The zero-order chi connectivity index (χ0) is 12.5. The largest absolute Gasteiger partial charge is 0.325 e. The molecule has 2 nitrogen and oxygen atoms in total. The fourth-order valence-corrected chi connectivity index (χ4v) is 2.30. The second-order valence-electron chi connectivity index (χ2n) is 4.84. The normalized spacial score (nSPS) is 17.6. The molecule has 1 saturated carbocycles. The first-order valence-electron chi connectivity index (χ1n) is 5.73. The van der Waals surface area contributed by atoms with Crippen molar-refractivity contribution in [3.63, 3.8) is 0 Å². The van der Waals surface area contributed by atoms with Gasteiger partial charge in [0.25, 0.3) is 0 Å². The van der Waals surface area contributed by atoms with Gasteiger partial charge in [-0.1, -0.05) is 17.7 Å². The van der Waals surface area contributed by atoms with Crippen molar-refractivity contribution in [1.82, 2.24) is 0 Å². The van der Waals surface area contributed by atoms with Gasteiger partial charge < -0.3 is 5.73 Å². The van der Waals surface area contributed by atoms with E-state index in [4.69, 9.17) is 17.3 Å². The summed E-state index contributed by atoms with van der Waals surface area (Å²) in [7, 11) is 0. The second-order valence-corrected chi connectivity index (χ2v) is 5.28. The maximum absolute atomic E-state index is 13.5. The Morgan fingerprint density at radius 1 is 1.47 bits per heavy atom. The molecule has 0 unspecified atom stereocenters. The Kier molecular flexibility index (Phi) is 3.50. The third kappa shape index (κ3) is 3.05. The van der Waals surface area contributed by atoms with Gasteiger partial charge >= 0.3 is 0 Å². The molecule has 17 heavy (non-hydrogen) atoms. The molecule has 0 atom stereocenters. The number of nitrogens with two attached hydrogens (primary N) is 1. The smallest absolute Gasteiger partial charge is 0.139 e. The molecule has 1 fully saturated rings. The number of halogens is 2. The van der Waals surface area contributed by atoms with Crippen LogP contribution in [0.2, 0.25) is 5.02 Å². The lowest BCUT2D eigenvalue weighted by Gasteiger charge is -2.37. The summed E-state index contributed by atoms with van der Waals surface area (Å²) in [5.74, 6) is -0.432. The Hall–Kier alpha value is -0.930. The fraction of sp³-hybridized carbons (Fsp3) is 0.462. The maximum atomic E-state index is 13.5. The van der Waals surface area contributed by atoms with Gasteiger partial charge in [-0.15, -0.1) is 0 Å². The second kappa shape index (κ2) is 4.75. The summed E-state index contributed by atoms with van der Waals surface area (Å²) in [5.41, 5.74) is 6.04. The van der Waals surface area contributed by atoms with Gasteiger partial charge in [0.2, 0.25) is 0 Å². The van der Waals surface area contributed by atoms with Crippen molar-refractivity contribution >= 4 is 17.4 Å². The minimum Gasteiger partial charge on any atom is -0.325 e. The average Bonchev–Trinajstić information content (AvgIpc) is 2.20. The van der Waals surface area contributed by atoms with Gasteiger partial charge in [0.15, 0.2) is 0 Å². The number of Topliss-reactive ketones (excluding diaryl/α,β-unsaturated/α-hetero) is 1. The van der Waals surface area contributed by atoms with Crippen LogP contribution in [-0.4, -0.2) is 11.3 Å². The Bertz CT molecular complexity index is 443. The summed E-state index contributed by atoms with van der Waals surface area (Å²) in [6, 6.07) is 4.38. The molecule has 0 amide bonds. The Balaban J connectivity index is 1.98. The molecule has 0 bridgehead atoms. The van der Waals surface area contributed by atoms with Crippen LogP contribution in [0.3, 0.4) is 0 Å². The minimum atomic E-state index is -0.425. The zero-order valence-electron chi connectivity index (χ0n) is 9.51. The lowest BCUT2D eigenvalue weighted by atomic mass is 9.74. The van der Waals surface area contributed by atoms with Crippen molar-refractivity contribution < 1.29 is 9.18 Å². The molecule has 1 aromatic carbocycles. The Morgan fingerprint density at radius 2 is 2.18 bits per heavy atom. The molecule has 2 N–H and O–H groups in total. The number of ketones is 1. The van der Waals surface area contributed by atoms with Crippen LogP contribution in [0.4, 0.5) is 4.39 Å². The molecule has 1 aliphatic carbocycles. The number of benzene rings is 1. The molecule has 1 aromatic rings. The zero-order valence-corrected chi connectivity index (χ0v) is 10.3. The molecular formula is C13H15ClFNO. The topological polar surface area (TPSA) is 43.1 Å². The van der Waals surface area contributed by atoms with Gasteiger partial charge in [-0.25, -0.2) is 4.39 Å². The predicted molar refractivity (Wildman–Crippen MR) is 65.5 cm³/mol. The molecule has 2 rings (SSSR count). The third-order valence-electron chi connectivity index (χ3n) is 3.30. The van der Waals surface area contributed by atoms with Gasteiger partial charge in [0.05, 0.1) is 0 Å². The molecule has 1 aliphatic rings. The van der Waals surface area contributed by atoms with Crippen molar-refractivity contribution in [2.24, 2.45) is 5.73 Å². The van der Waals surface area contributed by atoms with Crippen LogP contribution in [0.15, 0.2) is 18.2 Å². The van der Waals surface area contributed by atoms with E-state index >= 15 is 0 Å². The number of carbonyl (C=O) groups is 1. The highest BCUT2D eigenvalue weighted by Gasteiger charge is 2.34. The molecule has 0 aromatic heterocycles. The predicted octanol–water partition coefficient (Wildman–Crippen LogP) is 2.86. The first kappa shape index (κ1) is 12.5. The fourth-order valence-electron chi connectivity index (χ4n) is 2.14. The van der Waals surface area contributed by atoms with E-state index in [2.05, 4.69) is 0 Å². The van der Waals surface area contributed by atoms with Gasteiger partial charge in [-0.3, -0.25) is 4.79 Å². The summed E-state index contributed by atoms with van der Waals surface area (Å²) in [4.78, 5) is 11.8. The van der Waals surface area contributed by atoms with Gasteiger partial charge in [-0.05, 0) is 37.0 Å². The highest BCUT2D eigenvalue weighted by molar-refractivity contribution is 6.30. The molecule has 0 aliphatic heterocycles. The third-order valence-corrected chi connectivity index (χ3v) is 3.54. The highest BCUT2D eigenvalue weighted by atomic mass is 35.5. The van der Waals surface area contributed by atoms with Crippen LogP contribution in [0.25, 0.3) is 0 Å². The number of rotatable bonds is 4. The summed E-state index contributed by atoms with van der Waals surface area (Å²) >= 11 is 5.65. The molecular weight excluding hydrogens is 241 g/mol. The van der Waals surface area contributed by atoms with Crippen molar-refractivity contribution in [1.29, 1.82) is 0 Å². The van der Waals surface area contributed by atoms with E-state index < -0.39 is 5.82 Å². The summed E-state index contributed by atoms with van der Waals surface area (Å²) in [5, 5.41) is 0.341. The van der Waals surface area contributed by atoms with Crippen LogP contribution in [0.5, 0.6) is 0 Å². The molecule has 0 heterocycles. The molecule has 0 radical (unpaired) electrons. The Labute approximate surface area is 105 Å². The first-order valence-corrected chi connectivity index (χ1v) is 6.11. The summed E-state index contributed by atoms with van der Waals surface area (Å²) in [6.07, 6.45) is 3.31. The van der Waals surface area contributed by atoms with Crippen molar-refractivity contribution in [3.8, 4) is 0 Å².